The lowest BCUT2D eigenvalue weighted by atomic mass is 10.1. The highest BCUT2D eigenvalue weighted by Crippen LogP contribution is 2.30. The summed E-state index contributed by atoms with van der Waals surface area (Å²) in [5.41, 5.74) is 3.81. The van der Waals surface area contributed by atoms with Crippen LogP contribution in [-0.4, -0.2) is 18.1 Å². The molecule has 0 bridgehead atoms. The Morgan fingerprint density at radius 3 is 2.38 bits per heavy atom. The standard InChI is InChI=1S/C13H18N2S/c1-5-15(6-2)13-14-11-7-9(3)10(4)8-12(11)16-13/h7-8H,5-6H2,1-4H3. The zero-order valence-corrected chi connectivity index (χ0v) is 11.2. The molecule has 0 saturated carbocycles. The maximum absolute atomic E-state index is 4.70. The first-order valence-corrected chi connectivity index (χ1v) is 6.60. The smallest absolute Gasteiger partial charge is 0.186 e. The third kappa shape index (κ3) is 1.92. The van der Waals surface area contributed by atoms with Gasteiger partial charge in [-0.15, -0.1) is 0 Å². The van der Waals surface area contributed by atoms with Gasteiger partial charge in [0.1, 0.15) is 0 Å². The van der Waals surface area contributed by atoms with Crippen LogP contribution >= 0.6 is 11.3 Å². The molecule has 0 aliphatic rings. The topological polar surface area (TPSA) is 16.1 Å². The van der Waals surface area contributed by atoms with Gasteiger partial charge in [0.15, 0.2) is 5.13 Å². The monoisotopic (exact) mass is 234 g/mol. The fourth-order valence-electron chi connectivity index (χ4n) is 1.80. The molecule has 2 aromatic rings. The molecular formula is C13H18N2S. The Bertz CT molecular complexity index is 459. The van der Waals surface area contributed by atoms with Gasteiger partial charge in [0, 0.05) is 13.1 Å². The van der Waals surface area contributed by atoms with Crippen LogP contribution in [-0.2, 0) is 0 Å². The average Bonchev–Trinajstić information content (AvgIpc) is 2.63. The number of hydrogen-bond donors (Lipinski definition) is 0. The van der Waals surface area contributed by atoms with Gasteiger partial charge in [-0.3, -0.25) is 0 Å². The molecule has 1 heterocycles. The number of benzene rings is 1. The van der Waals surface area contributed by atoms with E-state index in [0.29, 0.717) is 0 Å². The van der Waals surface area contributed by atoms with Crippen LogP contribution in [0.5, 0.6) is 0 Å². The van der Waals surface area contributed by atoms with Crippen molar-refractivity contribution in [1.29, 1.82) is 0 Å². The highest BCUT2D eigenvalue weighted by Gasteiger charge is 2.09. The Kier molecular flexibility index (Phi) is 3.15. The molecule has 0 aliphatic heterocycles. The molecule has 0 atom stereocenters. The Morgan fingerprint density at radius 1 is 1.12 bits per heavy atom. The summed E-state index contributed by atoms with van der Waals surface area (Å²) in [7, 11) is 0. The van der Waals surface area contributed by atoms with Gasteiger partial charge < -0.3 is 4.90 Å². The normalized spacial score (nSPS) is 11.0. The van der Waals surface area contributed by atoms with E-state index in [1.807, 2.05) is 0 Å². The fraction of sp³-hybridized carbons (Fsp3) is 0.462. The molecule has 1 aromatic carbocycles. The van der Waals surface area contributed by atoms with Gasteiger partial charge >= 0.3 is 0 Å². The molecule has 0 saturated heterocycles. The van der Waals surface area contributed by atoms with Crippen molar-refractivity contribution in [3.8, 4) is 0 Å². The quantitative estimate of drug-likeness (QED) is 0.804. The average molecular weight is 234 g/mol. The number of aromatic nitrogens is 1. The number of fused-ring (bicyclic) bond motifs is 1. The predicted molar refractivity (Wildman–Crippen MR) is 72.7 cm³/mol. The minimum Gasteiger partial charge on any atom is -0.349 e. The number of hydrogen-bond acceptors (Lipinski definition) is 3. The van der Waals surface area contributed by atoms with Gasteiger partial charge in [-0.25, -0.2) is 4.98 Å². The number of nitrogens with zero attached hydrogens (tertiary/aromatic N) is 2. The maximum atomic E-state index is 4.70. The molecule has 1 aromatic heterocycles. The largest absolute Gasteiger partial charge is 0.349 e. The summed E-state index contributed by atoms with van der Waals surface area (Å²) >= 11 is 1.79. The molecule has 0 fully saturated rings. The van der Waals surface area contributed by atoms with Crippen LogP contribution in [0.2, 0.25) is 0 Å². The molecule has 0 radical (unpaired) electrons. The summed E-state index contributed by atoms with van der Waals surface area (Å²) in [5, 5.41) is 1.14. The van der Waals surface area contributed by atoms with Crippen molar-refractivity contribution < 1.29 is 0 Å². The minimum absolute atomic E-state index is 1.02. The lowest BCUT2D eigenvalue weighted by Gasteiger charge is -2.16. The first kappa shape index (κ1) is 11.4. The van der Waals surface area contributed by atoms with Gasteiger partial charge in [0.05, 0.1) is 10.2 Å². The Labute approximate surface area is 101 Å². The Morgan fingerprint density at radius 2 is 1.75 bits per heavy atom. The minimum atomic E-state index is 1.02. The van der Waals surface area contributed by atoms with Crippen molar-refractivity contribution in [1.82, 2.24) is 4.98 Å². The molecular weight excluding hydrogens is 216 g/mol. The van der Waals surface area contributed by atoms with Crippen molar-refractivity contribution in [2.45, 2.75) is 27.7 Å². The molecule has 2 nitrogen and oxygen atoms in total. The molecule has 3 heteroatoms. The summed E-state index contributed by atoms with van der Waals surface area (Å²) < 4.78 is 1.30. The lowest BCUT2D eigenvalue weighted by Crippen LogP contribution is -2.21. The van der Waals surface area contributed by atoms with E-state index in [9.17, 15) is 0 Å². The Hall–Kier alpha value is -1.09. The van der Waals surface area contributed by atoms with Gasteiger partial charge in [-0.05, 0) is 51.0 Å². The van der Waals surface area contributed by atoms with E-state index in [0.717, 1.165) is 23.7 Å². The molecule has 2 rings (SSSR count). The SMILES string of the molecule is CCN(CC)c1nc2cc(C)c(C)cc2s1. The van der Waals surface area contributed by atoms with Gasteiger partial charge in [-0.1, -0.05) is 11.3 Å². The maximum Gasteiger partial charge on any atom is 0.186 e. The van der Waals surface area contributed by atoms with Crippen LogP contribution in [0.15, 0.2) is 12.1 Å². The molecule has 0 unspecified atom stereocenters. The number of aryl methyl sites for hydroxylation is 2. The van der Waals surface area contributed by atoms with Crippen molar-refractivity contribution in [3.05, 3.63) is 23.3 Å². The Balaban J connectivity index is 2.51. The molecule has 0 spiro atoms. The van der Waals surface area contributed by atoms with Crippen molar-refractivity contribution in [2.75, 3.05) is 18.0 Å². The van der Waals surface area contributed by atoms with Crippen LogP contribution in [0.4, 0.5) is 5.13 Å². The molecule has 0 N–H and O–H groups in total. The molecule has 86 valence electrons. The van der Waals surface area contributed by atoms with E-state index in [1.165, 1.54) is 15.8 Å². The second kappa shape index (κ2) is 4.42. The highest BCUT2D eigenvalue weighted by molar-refractivity contribution is 7.22. The summed E-state index contributed by atoms with van der Waals surface area (Å²) in [5.74, 6) is 0. The molecule has 0 amide bonds. The second-order valence-electron chi connectivity index (χ2n) is 4.07. The first-order valence-electron chi connectivity index (χ1n) is 5.78. The van der Waals surface area contributed by atoms with E-state index in [4.69, 9.17) is 4.98 Å². The van der Waals surface area contributed by atoms with E-state index in [2.05, 4.69) is 44.7 Å². The number of anilines is 1. The van der Waals surface area contributed by atoms with Gasteiger partial charge in [-0.2, -0.15) is 0 Å². The van der Waals surface area contributed by atoms with Crippen molar-refractivity contribution in [3.63, 3.8) is 0 Å². The first-order chi connectivity index (χ1) is 7.65. The summed E-state index contributed by atoms with van der Waals surface area (Å²) in [4.78, 5) is 7.00. The zero-order chi connectivity index (χ0) is 11.7. The van der Waals surface area contributed by atoms with E-state index in [-0.39, 0.29) is 0 Å². The summed E-state index contributed by atoms with van der Waals surface area (Å²) in [6.07, 6.45) is 0. The van der Waals surface area contributed by atoms with Crippen LogP contribution in [0.25, 0.3) is 10.2 Å². The van der Waals surface area contributed by atoms with E-state index < -0.39 is 0 Å². The fourth-order valence-corrected chi connectivity index (χ4v) is 2.97. The van der Waals surface area contributed by atoms with Crippen LogP contribution in [0.1, 0.15) is 25.0 Å². The van der Waals surface area contributed by atoms with Crippen LogP contribution in [0.3, 0.4) is 0 Å². The zero-order valence-electron chi connectivity index (χ0n) is 10.4. The molecule has 16 heavy (non-hydrogen) atoms. The van der Waals surface area contributed by atoms with Crippen LogP contribution in [0, 0.1) is 13.8 Å². The summed E-state index contributed by atoms with van der Waals surface area (Å²) in [6.45, 7) is 10.7. The predicted octanol–water partition coefficient (Wildman–Crippen LogP) is 3.76. The van der Waals surface area contributed by atoms with Gasteiger partial charge in [0.2, 0.25) is 0 Å². The van der Waals surface area contributed by atoms with Crippen molar-refractivity contribution in [2.24, 2.45) is 0 Å². The third-order valence-corrected chi connectivity index (χ3v) is 4.11. The van der Waals surface area contributed by atoms with E-state index in [1.54, 1.807) is 11.3 Å². The number of rotatable bonds is 3. The molecule has 0 aliphatic carbocycles. The lowest BCUT2D eigenvalue weighted by molar-refractivity contribution is 0.862. The van der Waals surface area contributed by atoms with Gasteiger partial charge in [0.25, 0.3) is 0 Å². The summed E-state index contributed by atoms with van der Waals surface area (Å²) in [6, 6.07) is 4.43. The van der Waals surface area contributed by atoms with Crippen LogP contribution < -0.4 is 4.90 Å². The highest BCUT2D eigenvalue weighted by atomic mass is 32.1. The second-order valence-corrected chi connectivity index (χ2v) is 5.08. The number of thiazole rings is 1. The third-order valence-electron chi connectivity index (χ3n) is 3.03. The van der Waals surface area contributed by atoms with E-state index >= 15 is 0 Å². The van der Waals surface area contributed by atoms with Crippen molar-refractivity contribution >= 4 is 26.7 Å².